The maximum atomic E-state index is 12.6. The van der Waals surface area contributed by atoms with Crippen LogP contribution < -0.4 is 29.4 Å². The van der Waals surface area contributed by atoms with Gasteiger partial charge in [-0.25, -0.2) is 0 Å². The predicted molar refractivity (Wildman–Crippen MR) is 227 cm³/mol. The fraction of sp³-hybridized carbons (Fsp3) is 0.120. The Hall–Kier alpha value is -7.12. The van der Waals surface area contributed by atoms with E-state index in [4.69, 9.17) is 13.9 Å². The Bertz CT molecular complexity index is 2770. The first-order valence-electron chi connectivity index (χ1n) is 19.1. The lowest BCUT2D eigenvalue weighted by Crippen LogP contribution is -2.23. The van der Waals surface area contributed by atoms with E-state index in [0.29, 0.717) is 30.1 Å². The van der Waals surface area contributed by atoms with Crippen molar-refractivity contribution in [3.8, 4) is 33.9 Å². The summed E-state index contributed by atoms with van der Waals surface area (Å²) in [5.74, 6) is 0.931. The second-order valence-corrected chi connectivity index (χ2v) is 13.9. The molecule has 57 heavy (non-hydrogen) atoms. The Kier molecular flexibility index (Phi) is 10.3. The van der Waals surface area contributed by atoms with Gasteiger partial charge in [-0.3, -0.25) is 0 Å². The predicted octanol–water partition coefficient (Wildman–Crippen LogP) is 10.9. The molecule has 7 nitrogen and oxygen atoms in total. The van der Waals surface area contributed by atoms with Gasteiger partial charge in [-0.1, -0.05) is 48.5 Å². The van der Waals surface area contributed by atoms with Crippen molar-refractivity contribution >= 4 is 45.4 Å². The van der Waals surface area contributed by atoms with Gasteiger partial charge in [0.05, 0.1) is 25.2 Å². The molecule has 0 bridgehead atoms. The van der Waals surface area contributed by atoms with Gasteiger partial charge in [0.1, 0.15) is 22.8 Å². The highest BCUT2D eigenvalue weighted by Gasteiger charge is 2.24. The summed E-state index contributed by atoms with van der Waals surface area (Å²) in [5, 5.41) is 14.2. The summed E-state index contributed by atoms with van der Waals surface area (Å²) in [6.07, 6.45) is 0. The Morgan fingerprint density at radius 1 is 0.614 bits per heavy atom. The van der Waals surface area contributed by atoms with Crippen LogP contribution in [0.1, 0.15) is 35.3 Å². The molecule has 0 saturated heterocycles. The minimum absolute atomic E-state index is 0.103. The Morgan fingerprint density at radius 3 is 1.95 bits per heavy atom. The summed E-state index contributed by atoms with van der Waals surface area (Å²) < 4.78 is 20.6. The highest BCUT2D eigenvalue weighted by atomic mass is 16.5. The first-order valence-corrected chi connectivity index (χ1v) is 19.1. The molecule has 0 N–H and O–H groups in total. The van der Waals surface area contributed by atoms with Crippen molar-refractivity contribution in [1.82, 2.24) is 4.58 Å². The van der Waals surface area contributed by atoms with Crippen LogP contribution in [-0.4, -0.2) is 19.2 Å². The van der Waals surface area contributed by atoms with E-state index in [1.54, 1.807) is 12.1 Å². The molecule has 2 aliphatic rings. The molecule has 6 aromatic carbocycles. The van der Waals surface area contributed by atoms with Gasteiger partial charge in [0.25, 0.3) is 0 Å². The molecule has 0 amide bonds. The third-order valence-electron chi connectivity index (χ3n) is 9.95. The van der Waals surface area contributed by atoms with E-state index in [2.05, 4.69) is 59.7 Å². The molecule has 8 rings (SSSR count). The first-order chi connectivity index (χ1) is 27.8. The molecule has 7 heteroatoms. The molecular formula is C50H42N2O5. The van der Waals surface area contributed by atoms with Crippen molar-refractivity contribution in [3.05, 3.63) is 180 Å². The van der Waals surface area contributed by atoms with Crippen molar-refractivity contribution in [1.29, 1.82) is 0 Å². The third-order valence-corrected chi connectivity index (χ3v) is 9.95. The van der Waals surface area contributed by atoms with E-state index in [1.807, 2.05) is 123 Å². The fourth-order valence-electron chi connectivity index (χ4n) is 7.46. The number of anilines is 3. The number of aromatic carboxylic acids is 1. The monoisotopic (exact) mass is 750 g/mol. The number of rotatable bonds is 11. The highest BCUT2D eigenvalue weighted by Crippen LogP contribution is 2.44. The summed E-state index contributed by atoms with van der Waals surface area (Å²) in [6, 6.07) is 51.9. The zero-order valence-electron chi connectivity index (χ0n) is 32.4. The summed E-state index contributed by atoms with van der Waals surface area (Å²) in [5.41, 5.74) is 9.72. The molecule has 0 saturated carbocycles. The minimum Gasteiger partial charge on any atom is -0.545 e. The normalized spacial score (nSPS) is 11.7. The van der Waals surface area contributed by atoms with E-state index in [-0.39, 0.29) is 5.56 Å². The van der Waals surface area contributed by atoms with Crippen LogP contribution in [0, 0.1) is 13.8 Å². The van der Waals surface area contributed by atoms with Gasteiger partial charge in [-0.15, -0.1) is 0 Å². The van der Waals surface area contributed by atoms with E-state index in [0.717, 1.165) is 72.9 Å². The molecule has 1 aliphatic heterocycles. The minimum atomic E-state index is -1.25. The largest absolute Gasteiger partial charge is 0.545 e. The van der Waals surface area contributed by atoms with Gasteiger partial charge in [-0.2, -0.15) is 4.58 Å². The van der Waals surface area contributed by atoms with Crippen LogP contribution in [0.25, 0.3) is 33.4 Å². The number of fused-ring (bicyclic) bond motifs is 2. The number of carbonyl (C=O) groups is 1. The van der Waals surface area contributed by atoms with Crippen molar-refractivity contribution < 1.29 is 23.8 Å². The van der Waals surface area contributed by atoms with Crippen molar-refractivity contribution in [2.24, 2.45) is 0 Å². The SMILES string of the molecule is CCOc1ccc(N(c2cccc(C)c2)c2ccc3c(-c4ccccc4C(=O)[O-])c4ccc(=[N+](c5ccc(OCC)cc5)c5cccc(C)c5)cc-4oc3c2)cc1. The molecule has 6 aromatic rings. The number of nitrogens with zero attached hydrogens (tertiary/aromatic N) is 2. The van der Waals surface area contributed by atoms with Crippen LogP contribution in [0.2, 0.25) is 0 Å². The molecule has 0 spiro atoms. The molecule has 282 valence electrons. The van der Waals surface area contributed by atoms with Crippen LogP contribution in [0.5, 0.6) is 11.5 Å². The molecule has 1 aliphatic carbocycles. The second kappa shape index (κ2) is 15.9. The number of hydrogen-bond donors (Lipinski definition) is 0. The second-order valence-electron chi connectivity index (χ2n) is 13.9. The van der Waals surface area contributed by atoms with Crippen molar-refractivity contribution in [3.63, 3.8) is 0 Å². The summed E-state index contributed by atoms with van der Waals surface area (Å²) in [4.78, 5) is 14.8. The molecule has 0 fully saturated rings. The van der Waals surface area contributed by atoms with Crippen molar-refractivity contribution in [2.45, 2.75) is 27.7 Å². The molecule has 0 aromatic heterocycles. The van der Waals surface area contributed by atoms with E-state index in [1.165, 1.54) is 0 Å². The van der Waals surface area contributed by atoms with Gasteiger partial charge in [0.15, 0.2) is 0 Å². The quantitative estimate of drug-likeness (QED) is 0.0968. The molecular weight excluding hydrogens is 709 g/mol. The van der Waals surface area contributed by atoms with E-state index >= 15 is 0 Å². The van der Waals surface area contributed by atoms with Crippen LogP contribution in [0.3, 0.4) is 0 Å². The fourth-order valence-corrected chi connectivity index (χ4v) is 7.46. The van der Waals surface area contributed by atoms with Crippen molar-refractivity contribution in [2.75, 3.05) is 18.1 Å². The maximum Gasteiger partial charge on any atom is 0.215 e. The number of hydrogen-bond acceptors (Lipinski definition) is 6. The van der Waals surface area contributed by atoms with Gasteiger partial charge in [0.2, 0.25) is 16.7 Å². The standard InChI is InChI=1S/C50H42N2O5/c1-5-55-41-23-17-35(18-24-41)51(37-13-9-11-33(3)29-37)39-21-27-45-47(31-39)57-48-32-40(22-28-46(48)49(45)43-15-7-8-16-44(43)50(53)54)52(38-14-10-12-34(4)30-38)36-19-25-42(26-20-36)56-6-2/h7-32H,5-6H2,1-4H3. The number of carboxylic acid groups (broad SMARTS) is 1. The molecule has 0 unspecified atom stereocenters. The average molecular weight is 751 g/mol. The Balaban J connectivity index is 1.42. The highest BCUT2D eigenvalue weighted by molar-refractivity contribution is 6.07. The smallest absolute Gasteiger partial charge is 0.215 e. The van der Waals surface area contributed by atoms with Crippen LogP contribution in [0.15, 0.2) is 162 Å². The lowest BCUT2D eigenvalue weighted by molar-refractivity contribution is -0.254. The topological polar surface area (TPSA) is 78.0 Å². The Labute approximate surface area is 332 Å². The third kappa shape index (κ3) is 7.48. The van der Waals surface area contributed by atoms with E-state index < -0.39 is 5.97 Å². The van der Waals surface area contributed by atoms with Gasteiger partial charge in [0, 0.05) is 75.5 Å². The van der Waals surface area contributed by atoms with E-state index in [9.17, 15) is 9.90 Å². The summed E-state index contributed by atoms with van der Waals surface area (Å²) in [7, 11) is 0. The average Bonchev–Trinajstić information content (AvgIpc) is 3.22. The Morgan fingerprint density at radius 2 is 1.26 bits per heavy atom. The van der Waals surface area contributed by atoms with Gasteiger partial charge < -0.3 is 28.7 Å². The van der Waals surface area contributed by atoms with Crippen LogP contribution in [-0.2, 0) is 0 Å². The number of aryl methyl sites for hydroxylation is 2. The van der Waals surface area contributed by atoms with Gasteiger partial charge in [-0.05, 0) is 111 Å². The van der Waals surface area contributed by atoms with Gasteiger partial charge >= 0.3 is 0 Å². The molecule has 0 atom stereocenters. The summed E-state index contributed by atoms with van der Waals surface area (Å²) >= 11 is 0. The lowest BCUT2D eigenvalue weighted by atomic mass is 9.90. The zero-order chi connectivity index (χ0) is 39.5. The summed E-state index contributed by atoms with van der Waals surface area (Å²) in [6.45, 7) is 9.25. The number of ether oxygens (including phenoxy) is 2. The maximum absolute atomic E-state index is 12.6. The first kappa shape index (κ1) is 36.8. The number of carboxylic acids is 1. The molecule has 1 heterocycles. The lowest BCUT2D eigenvalue weighted by Gasteiger charge is -2.26. The van der Waals surface area contributed by atoms with Crippen LogP contribution in [0.4, 0.5) is 28.4 Å². The number of benzene rings is 7. The zero-order valence-corrected chi connectivity index (χ0v) is 32.4. The molecule has 0 radical (unpaired) electrons. The van der Waals surface area contributed by atoms with Crippen LogP contribution >= 0.6 is 0 Å². The number of carbonyl (C=O) groups excluding carboxylic acids is 1.